The molecule has 130 valence electrons. The number of halogens is 1. The molecule has 26 heavy (non-hydrogen) atoms. The average molecular weight is 414 g/mol. The average Bonchev–Trinajstić information content (AvgIpc) is 3.17. The number of benzene rings is 2. The first kappa shape index (κ1) is 16.3. The molecule has 0 aliphatic heterocycles. The monoisotopic (exact) mass is 413 g/mol. The second-order valence-corrected chi connectivity index (χ2v) is 6.56. The van der Waals surface area contributed by atoms with Crippen LogP contribution in [-0.4, -0.2) is 28.2 Å². The number of nitrogens with zero attached hydrogens (tertiary/aromatic N) is 1. The Morgan fingerprint density at radius 1 is 1.19 bits per heavy atom. The number of aromatic amines is 2. The highest BCUT2D eigenvalue weighted by Crippen LogP contribution is 2.45. The van der Waals surface area contributed by atoms with Gasteiger partial charge in [-0.25, -0.2) is 4.79 Å². The first-order valence-electron chi connectivity index (χ1n) is 7.62. The maximum Gasteiger partial charge on any atom is 0.337 e. The van der Waals surface area contributed by atoms with Crippen LogP contribution in [0.5, 0.6) is 5.88 Å². The van der Waals surface area contributed by atoms with Gasteiger partial charge < -0.3 is 19.8 Å². The van der Waals surface area contributed by atoms with Crippen LogP contribution in [0, 0.1) is 4.91 Å². The summed E-state index contributed by atoms with van der Waals surface area (Å²) in [5.41, 5.74) is 2.56. The third kappa shape index (κ3) is 2.30. The van der Waals surface area contributed by atoms with E-state index < -0.39 is 5.97 Å². The predicted molar refractivity (Wildman–Crippen MR) is 102 cm³/mol. The number of para-hydroxylation sites is 1. The van der Waals surface area contributed by atoms with E-state index >= 15 is 0 Å². The summed E-state index contributed by atoms with van der Waals surface area (Å²) in [4.78, 5) is 29.3. The number of rotatable bonds is 3. The summed E-state index contributed by atoms with van der Waals surface area (Å²) >= 11 is 3.43. The number of ether oxygens (including phenoxy) is 1. The highest BCUT2D eigenvalue weighted by Gasteiger charge is 2.22. The number of carbonyl (C=O) groups is 1. The van der Waals surface area contributed by atoms with Crippen molar-refractivity contribution in [3.63, 3.8) is 0 Å². The van der Waals surface area contributed by atoms with Gasteiger partial charge in [0.05, 0.1) is 29.4 Å². The zero-order chi connectivity index (χ0) is 18.4. The molecule has 0 amide bonds. The van der Waals surface area contributed by atoms with Crippen LogP contribution < -0.4 is 0 Å². The van der Waals surface area contributed by atoms with Crippen LogP contribution in [0.2, 0.25) is 0 Å². The van der Waals surface area contributed by atoms with Crippen molar-refractivity contribution in [1.29, 1.82) is 0 Å². The van der Waals surface area contributed by atoms with E-state index in [0.29, 0.717) is 33.2 Å². The molecule has 2 aromatic carbocycles. The summed E-state index contributed by atoms with van der Waals surface area (Å²) < 4.78 is 5.50. The van der Waals surface area contributed by atoms with E-state index in [1.54, 1.807) is 18.2 Å². The van der Waals surface area contributed by atoms with E-state index in [1.807, 2.05) is 18.2 Å². The minimum atomic E-state index is -0.484. The number of esters is 1. The quantitative estimate of drug-likeness (QED) is 0.325. The molecule has 2 aromatic heterocycles. The molecule has 0 fully saturated rings. The van der Waals surface area contributed by atoms with Crippen LogP contribution in [0.15, 0.2) is 46.0 Å². The summed E-state index contributed by atoms with van der Waals surface area (Å²) in [5.74, 6) is -0.570. The molecule has 0 aliphatic rings. The molecule has 0 saturated heterocycles. The van der Waals surface area contributed by atoms with Crippen molar-refractivity contribution >= 4 is 49.4 Å². The van der Waals surface area contributed by atoms with Crippen LogP contribution in [0.25, 0.3) is 33.1 Å². The number of carbonyl (C=O) groups excluding carboxylic acids is 1. The lowest BCUT2D eigenvalue weighted by Crippen LogP contribution is -2.00. The Morgan fingerprint density at radius 2 is 2.00 bits per heavy atom. The highest BCUT2D eigenvalue weighted by molar-refractivity contribution is 9.10. The lowest BCUT2D eigenvalue weighted by Gasteiger charge is -1.99. The molecular weight excluding hydrogens is 402 g/mol. The molecule has 2 heterocycles. The summed E-state index contributed by atoms with van der Waals surface area (Å²) in [5, 5.41) is 14.8. The minimum absolute atomic E-state index is 0.0865. The Bertz CT molecular complexity index is 1190. The molecule has 4 rings (SSSR count). The minimum Gasteiger partial charge on any atom is -0.494 e. The number of hydrogen-bond donors (Lipinski definition) is 3. The predicted octanol–water partition coefficient (Wildman–Crippen LogP) is 4.97. The van der Waals surface area contributed by atoms with Gasteiger partial charge in [-0.3, -0.25) is 0 Å². The largest absolute Gasteiger partial charge is 0.494 e. The van der Waals surface area contributed by atoms with E-state index in [1.165, 1.54) is 7.11 Å². The Balaban J connectivity index is 2.03. The molecule has 0 radical (unpaired) electrons. The van der Waals surface area contributed by atoms with Gasteiger partial charge in [-0.2, -0.15) is 0 Å². The first-order valence-corrected chi connectivity index (χ1v) is 8.41. The Morgan fingerprint density at radius 3 is 2.73 bits per heavy atom. The lowest BCUT2D eigenvalue weighted by atomic mass is 10.1. The molecule has 7 nitrogen and oxygen atoms in total. The molecule has 3 N–H and O–H groups in total. The van der Waals surface area contributed by atoms with Crippen LogP contribution in [-0.2, 0) is 4.74 Å². The van der Waals surface area contributed by atoms with Gasteiger partial charge in [-0.1, -0.05) is 12.1 Å². The van der Waals surface area contributed by atoms with Crippen LogP contribution in [0.3, 0.4) is 0 Å². The Kier molecular flexibility index (Phi) is 3.77. The zero-order valence-corrected chi connectivity index (χ0v) is 15.0. The molecule has 0 saturated carbocycles. The molecule has 0 aliphatic carbocycles. The first-order chi connectivity index (χ1) is 12.5. The molecule has 8 heteroatoms. The number of aromatic nitrogens is 2. The van der Waals surface area contributed by atoms with Gasteiger partial charge in [0.1, 0.15) is 5.69 Å². The van der Waals surface area contributed by atoms with Crippen LogP contribution >= 0.6 is 15.9 Å². The molecular formula is C18H12BrN3O4. The van der Waals surface area contributed by atoms with E-state index in [-0.39, 0.29) is 11.6 Å². The maximum atomic E-state index is 11.7. The summed E-state index contributed by atoms with van der Waals surface area (Å²) in [6.07, 6.45) is 0. The second kappa shape index (κ2) is 5.99. The number of hydrogen-bond acceptors (Lipinski definition) is 5. The molecule has 4 aromatic rings. The molecule has 0 bridgehead atoms. The number of fused-ring (bicyclic) bond motifs is 2. The fraction of sp³-hybridized carbons (Fsp3) is 0.0556. The van der Waals surface area contributed by atoms with Gasteiger partial charge in [0.2, 0.25) is 0 Å². The van der Waals surface area contributed by atoms with Crippen LogP contribution in [0.1, 0.15) is 10.4 Å². The van der Waals surface area contributed by atoms with Gasteiger partial charge >= 0.3 is 5.97 Å². The van der Waals surface area contributed by atoms with Crippen molar-refractivity contribution < 1.29 is 14.6 Å². The van der Waals surface area contributed by atoms with Gasteiger partial charge in [0.15, 0.2) is 5.88 Å². The highest BCUT2D eigenvalue weighted by atomic mass is 79.9. The van der Waals surface area contributed by atoms with Gasteiger partial charge in [0.25, 0.3) is 0 Å². The van der Waals surface area contributed by atoms with Gasteiger partial charge in [-0.15, -0.1) is 4.91 Å². The Labute approximate surface area is 155 Å². The standard InChI is InChI=1S/C18H12BrN3O4/c1-26-18(24)8-5-6-9-12(7-8)20-16(15(9)22-25)13-10-3-2-4-11(19)14(10)21-17(13)23/h2-7,20-21,23H,1H3. The third-order valence-electron chi connectivity index (χ3n) is 4.30. The normalized spacial score (nSPS) is 11.2. The number of methoxy groups -OCH3 is 1. The van der Waals surface area contributed by atoms with Crippen molar-refractivity contribution in [3.05, 3.63) is 51.3 Å². The SMILES string of the molecule is COC(=O)c1ccc2c(N=O)c(-c3c(O)[nH]c4c(Br)cccc34)[nH]c2c1. The second-order valence-electron chi connectivity index (χ2n) is 5.70. The fourth-order valence-electron chi connectivity index (χ4n) is 3.12. The summed E-state index contributed by atoms with van der Waals surface area (Å²) in [7, 11) is 1.30. The van der Waals surface area contributed by atoms with Crippen molar-refractivity contribution in [2.75, 3.05) is 7.11 Å². The van der Waals surface area contributed by atoms with Crippen molar-refractivity contribution in [2.45, 2.75) is 0 Å². The van der Waals surface area contributed by atoms with E-state index in [4.69, 9.17) is 4.74 Å². The number of aromatic hydroxyl groups is 1. The summed E-state index contributed by atoms with van der Waals surface area (Å²) in [6, 6.07) is 10.3. The smallest absolute Gasteiger partial charge is 0.337 e. The fourth-order valence-corrected chi connectivity index (χ4v) is 3.59. The number of H-pyrrole nitrogens is 2. The van der Waals surface area contributed by atoms with Crippen molar-refractivity contribution in [1.82, 2.24) is 9.97 Å². The lowest BCUT2D eigenvalue weighted by molar-refractivity contribution is 0.0601. The number of nitrogens with one attached hydrogen (secondary N) is 2. The zero-order valence-electron chi connectivity index (χ0n) is 13.5. The van der Waals surface area contributed by atoms with Gasteiger partial charge in [0, 0.05) is 20.8 Å². The van der Waals surface area contributed by atoms with Crippen LogP contribution in [0.4, 0.5) is 5.69 Å². The molecule has 0 unspecified atom stereocenters. The van der Waals surface area contributed by atoms with Crippen molar-refractivity contribution in [2.24, 2.45) is 5.18 Å². The van der Waals surface area contributed by atoms with E-state index in [0.717, 1.165) is 9.86 Å². The maximum absolute atomic E-state index is 11.7. The third-order valence-corrected chi connectivity index (χ3v) is 4.96. The molecule has 0 atom stereocenters. The van der Waals surface area contributed by atoms with E-state index in [9.17, 15) is 14.8 Å². The molecule has 0 spiro atoms. The summed E-state index contributed by atoms with van der Waals surface area (Å²) in [6.45, 7) is 0. The van der Waals surface area contributed by atoms with Crippen molar-refractivity contribution in [3.8, 4) is 17.1 Å². The topological polar surface area (TPSA) is 108 Å². The van der Waals surface area contributed by atoms with Gasteiger partial charge in [-0.05, 0) is 45.4 Å². The van der Waals surface area contributed by atoms with E-state index in [2.05, 4.69) is 31.1 Å². The number of nitroso groups, excluding NO2 is 1. The Hall–Kier alpha value is -3.13.